The minimum atomic E-state index is -1.33. The number of pyridine rings is 1. The van der Waals surface area contributed by atoms with Crippen molar-refractivity contribution < 1.29 is 19.4 Å². The van der Waals surface area contributed by atoms with E-state index in [0.717, 1.165) is 4.90 Å². The van der Waals surface area contributed by atoms with Gasteiger partial charge in [-0.25, -0.2) is 9.18 Å². The Labute approximate surface area is 182 Å². The van der Waals surface area contributed by atoms with Gasteiger partial charge in [0.25, 0.3) is 0 Å². The molecule has 2 N–H and O–H groups in total. The molecule has 30 heavy (non-hydrogen) atoms. The maximum Gasteiger partial charge on any atom is 0.341 e. The summed E-state index contributed by atoms with van der Waals surface area (Å²) in [5, 5.41) is 19.5. The number of carboxylic acid groups (broad SMARTS) is 1. The van der Waals surface area contributed by atoms with E-state index in [1.54, 1.807) is 28.8 Å². The molecule has 0 aliphatic rings. The maximum atomic E-state index is 14.4. The molecule has 3 rings (SSSR count). The van der Waals surface area contributed by atoms with E-state index in [-0.39, 0.29) is 35.0 Å². The highest BCUT2D eigenvalue weighted by Gasteiger charge is 2.20. The van der Waals surface area contributed by atoms with Gasteiger partial charge in [0.05, 0.1) is 23.2 Å². The number of benzene rings is 2. The van der Waals surface area contributed by atoms with Crippen LogP contribution in [-0.4, -0.2) is 33.6 Å². The number of hydrogen-bond donors (Lipinski definition) is 2. The number of aromatic carboxylic acids is 1. The molecule has 5 nitrogen and oxygen atoms in total. The number of nitrogens with zero attached hydrogens (tertiary/aromatic N) is 1. The molecule has 0 saturated heterocycles. The smallest absolute Gasteiger partial charge is 0.341 e. The lowest BCUT2D eigenvalue weighted by Gasteiger charge is -2.21. The van der Waals surface area contributed by atoms with Crippen molar-refractivity contribution in [2.24, 2.45) is 0 Å². The highest BCUT2D eigenvalue weighted by Crippen LogP contribution is 2.31. The van der Waals surface area contributed by atoms with Gasteiger partial charge in [-0.3, -0.25) is 4.79 Å². The molecule has 0 bridgehead atoms. The van der Waals surface area contributed by atoms with Gasteiger partial charge in [-0.15, -0.1) is 11.8 Å². The van der Waals surface area contributed by atoms with E-state index in [2.05, 4.69) is 0 Å². The first-order valence-corrected chi connectivity index (χ1v) is 10.9. The van der Waals surface area contributed by atoms with Crippen LogP contribution in [0, 0.1) is 5.82 Å². The van der Waals surface area contributed by atoms with Gasteiger partial charge < -0.3 is 14.8 Å². The van der Waals surface area contributed by atoms with E-state index in [1.807, 2.05) is 13.2 Å². The number of hydrogen-bond acceptors (Lipinski definition) is 4. The van der Waals surface area contributed by atoms with Crippen LogP contribution in [0.4, 0.5) is 4.39 Å². The second kappa shape index (κ2) is 9.20. The molecule has 0 saturated carbocycles. The van der Waals surface area contributed by atoms with Crippen molar-refractivity contribution in [3.8, 4) is 0 Å². The van der Waals surface area contributed by atoms with E-state index in [0.29, 0.717) is 23.1 Å². The van der Waals surface area contributed by atoms with Crippen LogP contribution >= 0.6 is 23.4 Å². The average molecular weight is 450 g/mol. The predicted octanol–water partition coefficient (Wildman–Crippen LogP) is 4.75. The Hall–Kier alpha value is -2.35. The quantitative estimate of drug-likeness (QED) is 0.509. The van der Waals surface area contributed by atoms with Crippen molar-refractivity contribution in [2.45, 2.75) is 30.7 Å². The Bertz CT molecular complexity index is 1170. The standard InChI is InChI=1S/C22H21ClFNO4S/c1-3-14(11-26)25-10-16(22(28)29)21(27)15-8-13(19(30-2)9-18(15)25)7-12-5-4-6-17(23)20(12)24/h4-6,8-10,14,26H,3,7,11H2,1-2H3,(H,28,29)/t14-/m0/s1. The van der Waals surface area contributed by atoms with Gasteiger partial charge in [0.15, 0.2) is 0 Å². The van der Waals surface area contributed by atoms with E-state index in [9.17, 15) is 24.2 Å². The summed E-state index contributed by atoms with van der Waals surface area (Å²) in [5.74, 6) is -1.85. The van der Waals surface area contributed by atoms with Gasteiger partial charge in [0.1, 0.15) is 11.4 Å². The SMILES string of the molecule is CC[C@@H](CO)n1cc(C(=O)O)c(=O)c2cc(Cc3cccc(Cl)c3F)c(SC)cc21. The monoisotopic (exact) mass is 449 g/mol. The summed E-state index contributed by atoms with van der Waals surface area (Å²) in [6, 6.07) is 7.79. The van der Waals surface area contributed by atoms with Gasteiger partial charge in [0.2, 0.25) is 5.43 Å². The molecule has 158 valence electrons. The van der Waals surface area contributed by atoms with Gasteiger partial charge in [-0.2, -0.15) is 0 Å². The normalized spacial score (nSPS) is 12.3. The van der Waals surface area contributed by atoms with Crippen molar-refractivity contribution in [3.05, 3.63) is 74.3 Å². The third kappa shape index (κ3) is 4.10. The average Bonchev–Trinajstić information content (AvgIpc) is 2.73. The highest BCUT2D eigenvalue weighted by atomic mass is 35.5. The number of aliphatic hydroxyl groups excluding tert-OH is 1. The number of rotatable bonds is 7. The lowest BCUT2D eigenvalue weighted by atomic mass is 10.0. The minimum Gasteiger partial charge on any atom is -0.477 e. The fourth-order valence-electron chi connectivity index (χ4n) is 3.51. The van der Waals surface area contributed by atoms with E-state index < -0.39 is 17.2 Å². The summed E-state index contributed by atoms with van der Waals surface area (Å²) in [6.45, 7) is 1.68. The largest absolute Gasteiger partial charge is 0.477 e. The summed E-state index contributed by atoms with van der Waals surface area (Å²) in [5.41, 5.74) is 0.631. The second-order valence-corrected chi connectivity index (χ2v) is 8.16. The number of carbonyl (C=O) groups is 1. The Morgan fingerprint density at radius 2 is 2.03 bits per heavy atom. The lowest BCUT2D eigenvalue weighted by molar-refractivity contribution is 0.0694. The number of aromatic nitrogens is 1. The summed E-state index contributed by atoms with van der Waals surface area (Å²) >= 11 is 7.34. The third-order valence-corrected chi connectivity index (χ3v) is 6.26. The zero-order valence-electron chi connectivity index (χ0n) is 16.5. The summed E-state index contributed by atoms with van der Waals surface area (Å²) in [7, 11) is 0. The molecule has 0 aliphatic carbocycles. The molecule has 3 aromatic rings. The predicted molar refractivity (Wildman–Crippen MR) is 118 cm³/mol. The first-order valence-electron chi connectivity index (χ1n) is 9.35. The molecule has 0 fully saturated rings. The Morgan fingerprint density at radius 1 is 1.30 bits per heavy atom. The molecule has 0 radical (unpaired) electrons. The molecule has 0 amide bonds. The van der Waals surface area contributed by atoms with Crippen molar-refractivity contribution in [1.29, 1.82) is 0 Å². The van der Waals surface area contributed by atoms with Crippen LogP contribution in [-0.2, 0) is 6.42 Å². The molecule has 0 aliphatic heterocycles. The van der Waals surface area contributed by atoms with Crippen molar-refractivity contribution in [1.82, 2.24) is 4.57 Å². The van der Waals surface area contributed by atoms with Crippen LogP contribution in [0.3, 0.4) is 0 Å². The fourth-order valence-corrected chi connectivity index (χ4v) is 4.33. The summed E-state index contributed by atoms with van der Waals surface area (Å²) in [4.78, 5) is 25.4. The number of fused-ring (bicyclic) bond motifs is 1. The molecule has 2 aromatic carbocycles. The Balaban J connectivity index is 2.31. The topological polar surface area (TPSA) is 79.5 Å². The van der Waals surface area contributed by atoms with Gasteiger partial charge >= 0.3 is 5.97 Å². The van der Waals surface area contributed by atoms with E-state index in [1.165, 1.54) is 24.0 Å². The number of halogens is 2. The Morgan fingerprint density at radius 3 is 2.63 bits per heavy atom. The molecule has 1 heterocycles. The Kier molecular flexibility index (Phi) is 6.85. The van der Waals surface area contributed by atoms with Gasteiger partial charge in [0, 0.05) is 22.9 Å². The fraction of sp³-hybridized carbons (Fsp3) is 0.273. The zero-order chi connectivity index (χ0) is 22.0. The number of carboxylic acids is 1. The van der Waals surface area contributed by atoms with E-state index in [4.69, 9.17) is 11.6 Å². The van der Waals surface area contributed by atoms with Crippen molar-refractivity contribution in [3.63, 3.8) is 0 Å². The van der Waals surface area contributed by atoms with Crippen LogP contribution in [0.2, 0.25) is 5.02 Å². The summed E-state index contributed by atoms with van der Waals surface area (Å²) < 4.78 is 16.1. The molecule has 1 atom stereocenters. The van der Waals surface area contributed by atoms with Crippen LogP contribution < -0.4 is 5.43 Å². The molecule has 8 heteroatoms. The lowest BCUT2D eigenvalue weighted by Crippen LogP contribution is -2.22. The van der Waals surface area contributed by atoms with Crippen LogP contribution in [0.5, 0.6) is 0 Å². The maximum absolute atomic E-state index is 14.4. The summed E-state index contributed by atoms with van der Waals surface area (Å²) in [6.07, 6.45) is 3.91. The molecule has 1 aromatic heterocycles. The van der Waals surface area contributed by atoms with Gasteiger partial charge in [-0.1, -0.05) is 30.7 Å². The van der Waals surface area contributed by atoms with Crippen LogP contribution in [0.25, 0.3) is 10.9 Å². The zero-order valence-corrected chi connectivity index (χ0v) is 18.1. The molecular formula is C22H21ClFNO4S. The number of thioether (sulfide) groups is 1. The third-order valence-electron chi connectivity index (χ3n) is 5.15. The minimum absolute atomic E-state index is 0.0169. The van der Waals surface area contributed by atoms with Crippen LogP contribution in [0.1, 0.15) is 40.9 Å². The molecular weight excluding hydrogens is 429 g/mol. The first kappa shape index (κ1) is 22.3. The second-order valence-electron chi connectivity index (χ2n) is 6.90. The van der Waals surface area contributed by atoms with Crippen LogP contribution in [0.15, 0.2) is 46.2 Å². The number of aliphatic hydroxyl groups is 1. The molecule has 0 spiro atoms. The van der Waals surface area contributed by atoms with Gasteiger partial charge in [-0.05, 0) is 42.0 Å². The van der Waals surface area contributed by atoms with Crippen molar-refractivity contribution >= 4 is 40.2 Å². The molecule has 0 unspecified atom stereocenters. The van der Waals surface area contributed by atoms with Crippen molar-refractivity contribution in [2.75, 3.05) is 12.9 Å². The first-order chi connectivity index (χ1) is 14.3. The van der Waals surface area contributed by atoms with E-state index >= 15 is 0 Å². The highest BCUT2D eigenvalue weighted by molar-refractivity contribution is 7.98.